The molecule has 0 radical (unpaired) electrons. The summed E-state index contributed by atoms with van der Waals surface area (Å²) in [5.74, 6) is 0.0337. The Bertz CT molecular complexity index is 585. The lowest BCUT2D eigenvalue weighted by Crippen LogP contribution is -2.12. The van der Waals surface area contributed by atoms with Gasteiger partial charge in [-0.1, -0.05) is 22.9 Å². The largest absolute Gasteiger partial charge is 0.323 e. The second-order valence-corrected chi connectivity index (χ2v) is 4.68. The number of aromatic nitrogens is 2. The smallest absolute Gasteiger partial charge is 0.306 e. The minimum absolute atomic E-state index is 0.0337. The van der Waals surface area contributed by atoms with E-state index >= 15 is 0 Å². The Morgan fingerprint density at radius 3 is 2.75 bits per heavy atom. The van der Waals surface area contributed by atoms with Gasteiger partial charge in [0.25, 0.3) is 0 Å². The van der Waals surface area contributed by atoms with Crippen molar-refractivity contribution in [2.75, 3.05) is 0 Å². The molecule has 5 heteroatoms. The number of rotatable bonds is 3. The minimum Gasteiger partial charge on any atom is -0.306 e. The van der Waals surface area contributed by atoms with E-state index in [-0.39, 0.29) is 16.3 Å². The highest BCUT2D eigenvalue weighted by Crippen LogP contribution is 2.16. The van der Waals surface area contributed by atoms with Crippen LogP contribution in [0.5, 0.6) is 0 Å². The average molecular weight is 283 g/mol. The topological polar surface area (TPSA) is 65.7 Å². The molecule has 0 fully saturated rings. The summed E-state index contributed by atoms with van der Waals surface area (Å²) >= 11 is 3.32. The van der Waals surface area contributed by atoms with Gasteiger partial charge >= 0.3 is 5.69 Å². The van der Waals surface area contributed by atoms with Crippen molar-refractivity contribution in [1.29, 1.82) is 0 Å². The molecule has 1 atom stereocenters. The molecule has 2 rings (SSSR count). The summed E-state index contributed by atoms with van der Waals surface area (Å²) in [6.07, 6.45) is 0.737. The number of hydrogen-bond acceptors (Lipinski definition) is 2. The van der Waals surface area contributed by atoms with Crippen molar-refractivity contribution in [2.45, 2.75) is 18.2 Å². The average Bonchev–Trinajstić information content (AvgIpc) is 2.65. The number of imidazole rings is 1. The van der Waals surface area contributed by atoms with Crippen LogP contribution in [0.3, 0.4) is 0 Å². The molecule has 1 heterocycles. The molecule has 0 saturated heterocycles. The zero-order valence-electron chi connectivity index (χ0n) is 8.71. The number of nitrogens with one attached hydrogen (secondary N) is 2. The lowest BCUT2D eigenvalue weighted by Gasteiger charge is -2.05. The molecule has 84 valence electrons. The summed E-state index contributed by atoms with van der Waals surface area (Å²) in [5.41, 5.74) is 1.72. The Hall–Kier alpha value is -1.36. The lowest BCUT2D eigenvalue weighted by molar-refractivity contribution is 0.0990. The number of H-pyrrole nitrogens is 2. The van der Waals surface area contributed by atoms with Crippen LogP contribution >= 0.6 is 15.9 Å². The SMILES string of the molecule is CCC(Br)C(=O)c1ccc2[nH]c(=O)[nH]c2c1. The number of ketones is 1. The Balaban J connectivity index is 2.46. The quantitative estimate of drug-likeness (QED) is 0.670. The van der Waals surface area contributed by atoms with E-state index in [0.29, 0.717) is 16.6 Å². The second kappa shape index (κ2) is 4.25. The molecule has 2 aromatic rings. The fourth-order valence-electron chi connectivity index (χ4n) is 1.55. The van der Waals surface area contributed by atoms with Crippen LogP contribution in [0.15, 0.2) is 23.0 Å². The summed E-state index contributed by atoms with van der Waals surface area (Å²) in [5, 5.41) is 0. The van der Waals surface area contributed by atoms with Crippen LogP contribution in [0.25, 0.3) is 11.0 Å². The number of Topliss-reactive ketones (excluding diaryl/α,β-unsaturated/α-hetero) is 1. The first-order valence-electron chi connectivity index (χ1n) is 5.02. The van der Waals surface area contributed by atoms with E-state index in [9.17, 15) is 9.59 Å². The van der Waals surface area contributed by atoms with E-state index in [4.69, 9.17) is 0 Å². The number of carbonyl (C=O) groups is 1. The van der Waals surface area contributed by atoms with Crippen molar-refractivity contribution in [3.05, 3.63) is 34.2 Å². The third kappa shape index (κ3) is 1.95. The Morgan fingerprint density at radius 2 is 2.06 bits per heavy atom. The van der Waals surface area contributed by atoms with Gasteiger partial charge in [-0.25, -0.2) is 4.79 Å². The summed E-state index contributed by atoms with van der Waals surface area (Å²) in [6, 6.07) is 5.15. The van der Waals surface area contributed by atoms with Gasteiger partial charge in [0.1, 0.15) is 0 Å². The molecule has 16 heavy (non-hydrogen) atoms. The number of fused-ring (bicyclic) bond motifs is 1. The van der Waals surface area contributed by atoms with E-state index in [0.717, 1.165) is 6.42 Å². The molecule has 0 bridgehead atoms. The van der Waals surface area contributed by atoms with Crippen LogP contribution in [-0.2, 0) is 0 Å². The monoisotopic (exact) mass is 282 g/mol. The van der Waals surface area contributed by atoms with Crippen molar-refractivity contribution in [3.63, 3.8) is 0 Å². The number of carbonyl (C=O) groups excluding carboxylic acids is 1. The van der Waals surface area contributed by atoms with Crippen LogP contribution in [-0.4, -0.2) is 20.6 Å². The van der Waals surface area contributed by atoms with Crippen LogP contribution in [0.2, 0.25) is 0 Å². The molecule has 1 aromatic heterocycles. The Labute approximate surface area is 100 Å². The zero-order valence-corrected chi connectivity index (χ0v) is 10.3. The van der Waals surface area contributed by atoms with E-state index in [1.807, 2.05) is 6.92 Å². The number of benzene rings is 1. The van der Waals surface area contributed by atoms with E-state index in [1.54, 1.807) is 18.2 Å². The van der Waals surface area contributed by atoms with Gasteiger partial charge in [0.15, 0.2) is 5.78 Å². The van der Waals surface area contributed by atoms with E-state index < -0.39 is 0 Å². The van der Waals surface area contributed by atoms with Crippen LogP contribution in [0, 0.1) is 0 Å². The Morgan fingerprint density at radius 1 is 1.38 bits per heavy atom. The second-order valence-electron chi connectivity index (χ2n) is 3.58. The van der Waals surface area contributed by atoms with Crippen LogP contribution < -0.4 is 5.69 Å². The minimum atomic E-state index is -0.259. The first-order valence-corrected chi connectivity index (χ1v) is 5.93. The highest BCUT2D eigenvalue weighted by atomic mass is 79.9. The van der Waals surface area contributed by atoms with Gasteiger partial charge in [0.2, 0.25) is 0 Å². The maximum atomic E-state index is 11.9. The van der Waals surface area contributed by atoms with Crippen molar-refractivity contribution >= 4 is 32.7 Å². The predicted molar refractivity (Wildman–Crippen MR) is 66.3 cm³/mol. The fraction of sp³-hybridized carbons (Fsp3) is 0.273. The van der Waals surface area contributed by atoms with Gasteiger partial charge in [-0.2, -0.15) is 0 Å². The molecule has 0 amide bonds. The molecule has 0 aliphatic carbocycles. The molecular weight excluding hydrogens is 272 g/mol. The highest BCUT2D eigenvalue weighted by Gasteiger charge is 2.15. The summed E-state index contributed by atoms with van der Waals surface area (Å²) < 4.78 is 0. The molecular formula is C11H11BrN2O2. The van der Waals surface area contributed by atoms with Crippen LogP contribution in [0.1, 0.15) is 23.7 Å². The lowest BCUT2D eigenvalue weighted by atomic mass is 10.1. The maximum Gasteiger partial charge on any atom is 0.323 e. The van der Waals surface area contributed by atoms with Gasteiger partial charge in [-0.15, -0.1) is 0 Å². The standard InChI is InChI=1S/C11H11BrN2O2/c1-2-7(12)10(15)6-3-4-8-9(5-6)14-11(16)13-8/h3-5,7H,2H2,1H3,(H2,13,14,16). The molecule has 0 saturated carbocycles. The normalized spacial score (nSPS) is 12.9. The number of hydrogen-bond donors (Lipinski definition) is 2. The molecule has 0 aliphatic heterocycles. The third-order valence-electron chi connectivity index (χ3n) is 2.44. The molecule has 2 N–H and O–H groups in total. The van der Waals surface area contributed by atoms with Gasteiger partial charge in [-0.05, 0) is 24.6 Å². The zero-order chi connectivity index (χ0) is 11.7. The number of alkyl halides is 1. The summed E-state index contributed by atoms with van der Waals surface area (Å²) in [4.78, 5) is 28.0. The van der Waals surface area contributed by atoms with Crippen molar-refractivity contribution in [2.24, 2.45) is 0 Å². The third-order valence-corrected chi connectivity index (χ3v) is 3.51. The van der Waals surface area contributed by atoms with Crippen molar-refractivity contribution in [3.8, 4) is 0 Å². The van der Waals surface area contributed by atoms with E-state index in [2.05, 4.69) is 25.9 Å². The van der Waals surface area contributed by atoms with E-state index in [1.165, 1.54) is 0 Å². The van der Waals surface area contributed by atoms with Gasteiger partial charge in [0, 0.05) is 5.56 Å². The van der Waals surface area contributed by atoms with Gasteiger partial charge in [0.05, 0.1) is 15.9 Å². The van der Waals surface area contributed by atoms with Gasteiger partial charge in [-0.3, -0.25) is 4.79 Å². The summed E-state index contributed by atoms with van der Waals surface area (Å²) in [7, 11) is 0. The van der Waals surface area contributed by atoms with Crippen molar-refractivity contribution < 1.29 is 4.79 Å². The van der Waals surface area contributed by atoms with Crippen molar-refractivity contribution in [1.82, 2.24) is 9.97 Å². The first-order chi connectivity index (χ1) is 7.61. The number of aromatic amines is 2. The molecule has 0 aliphatic rings. The predicted octanol–water partition coefficient (Wildman–Crippen LogP) is 2.21. The number of halogens is 1. The molecule has 4 nitrogen and oxygen atoms in total. The summed E-state index contributed by atoms with van der Waals surface area (Å²) in [6.45, 7) is 1.94. The maximum absolute atomic E-state index is 11.9. The Kier molecular flexibility index (Phi) is 2.96. The van der Waals surface area contributed by atoms with Gasteiger partial charge < -0.3 is 9.97 Å². The molecule has 1 aromatic carbocycles. The highest BCUT2D eigenvalue weighted by molar-refractivity contribution is 9.10. The molecule has 0 spiro atoms. The van der Waals surface area contributed by atoms with Crippen LogP contribution in [0.4, 0.5) is 0 Å². The first kappa shape index (κ1) is 11.1. The molecule has 1 unspecified atom stereocenters. The fourth-order valence-corrected chi connectivity index (χ4v) is 1.82.